The summed E-state index contributed by atoms with van der Waals surface area (Å²) in [7, 11) is 0. The lowest BCUT2D eigenvalue weighted by Crippen LogP contribution is -2.37. The van der Waals surface area contributed by atoms with E-state index in [4.69, 9.17) is 0 Å². The van der Waals surface area contributed by atoms with Gasteiger partial charge in [-0.3, -0.25) is 4.79 Å². The Labute approximate surface area is 84.3 Å². The summed E-state index contributed by atoms with van der Waals surface area (Å²) in [5.41, 5.74) is 1.26. The molecule has 2 heteroatoms. The lowest BCUT2D eigenvalue weighted by atomic mass is 9.92. The standard InChI is InChI=1S/C12H15NO/c14-12-11(7-4-8-13-12)9-10-5-2-1-3-6-10/h1-3,5-6,11H,4,7-9H2,(H,13,14)/t11-/m1/s1. The molecule has 0 saturated carbocycles. The van der Waals surface area contributed by atoms with Gasteiger partial charge in [0.2, 0.25) is 5.91 Å². The zero-order valence-corrected chi connectivity index (χ0v) is 8.20. The first-order valence-corrected chi connectivity index (χ1v) is 5.18. The minimum atomic E-state index is 0.186. The highest BCUT2D eigenvalue weighted by Gasteiger charge is 2.21. The van der Waals surface area contributed by atoms with Crippen LogP contribution in [0.1, 0.15) is 18.4 Å². The number of hydrogen-bond donors (Lipinski definition) is 1. The van der Waals surface area contributed by atoms with Gasteiger partial charge in [0.1, 0.15) is 0 Å². The molecular formula is C12H15NO. The van der Waals surface area contributed by atoms with E-state index in [1.807, 2.05) is 18.2 Å². The molecule has 2 rings (SSSR count). The number of carbonyl (C=O) groups excluding carboxylic acids is 1. The van der Waals surface area contributed by atoms with Gasteiger partial charge >= 0.3 is 0 Å². The second-order valence-electron chi connectivity index (χ2n) is 3.82. The Balaban J connectivity index is 2.00. The van der Waals surface area contributed by atoms with Gasteiger partial charge in [0, 0.05) is 12.5 Å². The quantitative estimate of drug-likeness (QED) is 0.754. The molecule has 0 radical (unpaired) electrons. The summed E-state index contributed by atoms with van der Waals surface area (Å²) in [6, 6.07) is 10.2. The molecule has 1 aromatic rings. The first kappa shape index (κ1) is 9.25. The molecule has 1 heterocycles. The number of benzene rings is 1. The topological polar surface area (TPSA) is 29.1 Å². The summed E-state index contributed by atoms with van der Waals surface area (Å²) in [5, 5.41) is 2.91. The van der Waals surface area contributed by atoms with Crippen molar-refractivity contribution in [3.63, 3.8) is 0 Å². The Morgan fingerprint density at radius 1 is 1.29 bits per heavy atom. The predicted octanol–water partition coefficient (Wildman–Crippen LogP) is 1.76. The van der Waals surface area contributed by atoms with Gasteiger partial charge in [-0.2, -0.15) is 0 Å². The molecule has 14 heavy (non-hydrogen) atoms. The van der Waals surface area contributed by atoms with Crippen molar-refractivity contribution in [2.24, 2.45) is 5.92 Å². The van der Waals surface area contributed by atoms with Gasteiger partial charge < -0.3 is 5.32 Å². The summed E-state index contributed by atoms with van der Waals surface area (Å²) in [6.45, 7) is 0.851. The smallest absolute Gasteiger partial charge is 0.223 e. The van der Waals surface area contributed by atoms with E-state index in [9.17, 15) is 4.79 Å². The van der Waals surface area contributed by atoms with Crippen LogP contribution in [-0.4, -0.2) is 12.5 Å². The number of amides is 1. The maximum atomic E-state index is 11.5. The monoisotopic (exact) mass is 189 g/mol. The molecule has 0 bridgehead atoms. The Morgan fingerprint density at radius 3 is 2.79 bits per heavy atom. The average Bonchev–Trinajstić information content (AvgIpc) is 2.23. The molecule has 0 aromatic heterocycles. The van der Waals surface area contributed by atoms with Crippen LogP contribution in [0.3, 0.4) is 0 Å². The second kappa shape index (κ2) is 4.27. The van der Waals surface area contributed by atoms with Gasteiger partial charge in [0.15, 0.2) is 0 Å². The SMILES string of the molecule is O=C1NCCC[C@@H]1Cc1ccccc1. The highest BCUT2D eigenvalue weighted by atomic mass is 16.1. The van der Waals surface area contributed by atoms with Crippen molar-refractivity contribution in [1.82, 2.24) is 5.32 Å². The third kappa shape index (κ3) is 2.13. The van der Waals surface area contributed by atoms with Crippen molar-refractivity contribution in [3.05, 3.63) is 35.9 Å². The highest BCUT2D eigenvalue weighted by molar-refractivity contribution is 5.79. The Hall–Kier alpha value is -1.31. The maximum absolute atomic E-state index is 11.5. The van der Waals surface area contributed by atoms with E-state index in [0.29, 0.717) is 0 Å². The van der Waals surface area contributed by atoms with E-state index in [1.165, 1.54) is 5.56 Å². The van der Waals surface area contributed by atoms with Crippen LogP contribution in [0.15, 0.2) is 30.3 Å². The van der Waals surface area contributed by atoms with Gasteiger partial charge in [0.25, 0.3) is 0 Å². The summed E-state index contributed by atoms with van der Waals surface area (Å²) in [6.07, 6.45) is 3.02. The van der Waals surface area contributed by atoms with Crippen LogP contribution in [0.4, 0.5) is 0 Å². The van der Waals surface area contributed by atoms with Crippen molar-refractivity contribution in [3.8, 4) is 0 Å². The number of rotatable bonds is 2. The van der Waals surface area contributed by atoms with Crippen LogP contribution in [-0.2, 0) is 11.2 Å². The van der Waals surface area contributed by atoms with E-state index < -0.39 is 0 Å². The third-order valence-electron chi connectivity index (χ3n) is 2.72. The fourth-order valence-corrected chi connectivity index (χ4v) is 1.93. The minimum absolute atomic E-state index is 0.186. The Kier molecular flexibility index (Phi) is 2.82. The van der Waals surface area contributed by atoms with E-state index in [2.05, 4.69) is 17.4 Å². The second-order valence-corrected chi connectivity index (χ2v) is 3.82. The third-order valence-corrected chi connectivity index (χ3v) is 2.72. The van der Waals surface area contributed by atoms with Crippen LogP contribution in [0.5, 0.6) is 0 Å². The maximum Gasteiger partial charge on any atom is 0.223 e. The molecule has 1 atom stereocenters. The molecule has 1 amide bonds. The number of hydrogen-bond acceptors (Lipinski definition) is 1. The molecule has 1 N–H and O–H groups in total. The number of carbonyl (C=O) groups is 1. The van der Waals surface area contributed by atoms with Crippen molar-refractivity contribution in [1.29, 1.82) is 0 Å². The van der Waals surface area contributed by atoms with Gasteiger partial charge in [0.05, 0.1) is 0 Å². The molecule has 1 saturated heterocycles. The fourth-order valence-electron chi connectivity index (χ4n) is 1.93. The van der Waals surface area contributed by atoms with Crippen molar-refractivity contribution in [2.75, 3.05) is 6.54 Å². The lowest BCUT2D eigenvalue weighted by molar-refractivity contribution is -0.126. The zero-order valence-electron chi connectivity index (χ0n) is 8.20. The van der Waals surface area contributed by atoms with E-state index in [-0.39, 0.29) is 11.8 Å². The van der Waals surface area contributed by atoms with Gasteiger partial charge in [-0.15, -0.1) is 0 Å². The molecular weight excluding hydrogens is 174 g/mol. The van der Waals surface area contributed by atoms with Crippen LogP contribution in [0, 0.1) is 5.92 Å². The molecule has 1 aromatic carbocycles. The van der Waals surface area contributed by atoms with E-state index in [0.717, 1.165) is 25.8 Å². The summed E-state index contributed by atoms with van der Waals surface area (Å²) in [4.78, 5) is 11.5. The number of nitrogens with one attached hydrogen (secondary N) is 1. The van der Waals surface area contributed by atoms with Gasteiger partial charge in [-0.1, -0.05) is 30.3 Å². The average molecular weight is 189 g/mol. The van der Waals surface area contributed by atoms with Crippen LogP contribution in [0.2, 0.25) is 0 Å². The summed E-state index contributed by atoms with van der Waals surface area (Å²) >= 11 is 0. The Morgan fingerprint density at radius 2 is 2.07 bits per heavy atom. The molecule has 74 valence electrons. The summed E-state index contributed by atoms with van der Waals surface area (Å²) in [5.74, 6) is 0.409. The minimum Gasteiger partial charge on any atom is -0.356 e. The normalized spacial score (nSPS) is 21.7. The molecule has 0 spiro atoms. The highest BCUT2D eigenvalue weighted by Crippen LogP contribution is 2.16. The molecule has 1 aliphatic heterocycles. The summed E-state index contributed by atoms with van der Waals surface area (Å²) < 4.78 is 0. The van der Waals surface area contributed by atoms with Crippen LogP contribution in [0.25, 0.3) is 0 Å². The lowest BCUT2D eigenvalue weighted by Gasteiger charge is -2.21. The first-order valence-electron chi connectivity index (χ1n) is 5.18. The molecule has 0 unspecified atom stereocenters. The van der Waals surface area contributed by atoms with E-state index >= 15 is 0 Å². The van der Waals surface area contributed by atoms with Crippen molar-refractivity contribution in [2.45, 2.75) is 19.3 Å². The van der Waals surface area contributed by atoms with Crippen molar-refractivity contribution >= 4 is 5.91 Å². The molecule has 1 aliphatic rings. The number of piperidine rings is 1. The Bertz CT molecular complexity index is 307. The first-order chi connectivity index (χ1) is 6.86. The van der Waals surface area contributed by atoms with Crippen LogP contribution >= 0.6 is 0 Å². The van der Waals surface area contributed by atoms with E-state index in [1.54, 1.807) is 0 Å². The van der Waals surface area contributed by atoms with Crippen molar-refractivity contribution < 1.29 is 4.79 Å². The fraction of sp³-hybridized carbons (Fsp3) is 0.417. The molecule has 1 fully saturated rings. The van der Waals surface area contributed by atoms with Crippen LogP contribution < -0.4 is 5.32 Å². The molecule has 2 nitrogen and oxygen atoms in total. The zero-order chi connectivity index (χ0) is 9.80. The van der Waals surface area contributed by atoms with Gasteiger partial charge in [-0.25, -0.2) is 0 Å². The molecule has 0 aliphatic carbocycles. The predicted molar refractivity (Wildman–Crippen MR) is 55.9 cm³/mol. The largest absolute Gasteiger partial charge is 0.356 e. The van der Waals surface area contributed by atoms with Gasteiger partial charge in [-0.05, 0) is 24.8 Å².